The highest BCUT2D eigenvalue weighted by molar-refractivity contribution is 5.92. The Bertz CT molecular complexity index is 578. The first-order chi connectivity index (χ1) is 9.65. The topological polar surface area (TPSA) is 104 Å². The van der Waals surface area contributed by atoms with Crippen molar-refractivity contribution in [1.29, 1.82) is 0 Å². The van der Waals surface area contributed by atoms with Crippen LogP contribution in [0.25, 0.3) is 11.3 Å². The van der Waals surface area contributed by atoms with Gasteiger partial charge in [0.05, 0.1) is 5.69 Å². The van der Waals surface area contributed by atoms with Gasteiger partial charge in [-0.3, -0.25) is 9.89 Å². The molecule has 0 radical (unpaired) electrons. The summed E-state index contributed by atoms with van der Waals surface area (Å²) in [4.78, 5) is 21.7. The maximum atomic E-state index is 11.5. The van der Waals surface area contributed by atoms with E-state index in [0.29, 0.717) is 5.69 Å². The number of aromatic nitrogens is 2. The normalized spacial score (nSPS) is 10.2. The van der Waals surface area contributed by atoms with Gasteiger partial charge in [0, 0.05) is 11.9 Å². The Labute approximate surface area is 114 Å². The molecule has 0 saturated carbocycles. The van der Waals surface area contributed by atoms with Gasteiger partial charge in [-0.1, -0.05) is 12.1 Å². The van der Waals surface area contributed by atoms with E-state index >= 15 is 0 Å². The molecule has 0 bridgehead atoms. The maximum absolute atomic E-state index is 11.5. The number of amides is 1. The third kappa shape index (κ3) is 3.92. The molecule has 1 heterocycles. The van der Waals surface area contributed by atoms with Crippen LogP contribution in [0.1, 0.15) is 0 Å². The number of carbonyl (C=O) groups is 2. The Morgan fingerprint density at radius 2 is 1.95 bits per heavy atom. The average molecular weight is 275 g/mol. The number of carboxylic acid groups (broad SMARTS) is 1. The minimum Gasteiger partial charge on any atom is -0.480 e. The largest absolute Gasteiger partial charge is 0.480 e. The second-order valence-corrected chi connectivity index (χ2v) is 3.98. The molecule has 7 nitrogen and oxygen atoms in total. The molecule has 2 rings (SSSR count). The molecule has 0 saturated heterocycles. The molecule has 2 aromatic rings. The van der Waals surface area contributed by atoms with Crippen molar-refractivity contribution in [2.75, 3.05) is 18.5 Å². The lowest BCUT2D eigenvalue weighted by molar-refractivity contribution is -0.143. The maximum Gasteiger partial charge on any atom is 0.329 e. The van der Waals surface area contributed by atoms with Gasteiger partial charge in [-0.25, -0.2) is 4.79 Å². The van der Waals surface area contributed by atoms with Crippen LogP contribution in [0.3, 0.4) is 0 Å². The highest BCUT2D eigenvalue weighted by atomic mass is 16.5. The number of carbonyl (C=O) groups excluding carboxylic acids is 1. The highest BCUT2D eigenvalue weighted by Crippen LogP contribution is 2.18. The second kappa shape index (κ2) is 6.48. The van der Waals surface area contributed by atoms with Crippen LogP contribution in [-0.2, 0) is 14.3 Å². The molecule has 0 aliphatic carbocycles. The zero-order chi connectivity index (χ0) is 14.4. The van der Waals surface area contributed by atoms with E-state index in [1.807, 2.05) is 18.2 Å². The Morgan fingerprint density at radius 1 is 1.20 bits per heavy atom. The lowest BCUT2D eigenvalue weighted by atomic mass is 10.1. The molecule has 104 valence electrons. The van der Waals surface area contributed by atoms with E-state index in [2.05, 4.69) is 20.3 Å². The van der Waals surface area contributed by atoms with Crippen LogP contribution in [-0.4, -0.2) is 40.4 Å². The number of rotatable bonds is 6. The van der Waals surface area contributed by atoms with E-state index in [9.17, 15) is 9.59 Å². The van der Waals surface area contributed by atoms with Gasteiger partial charge in [-0.15, -0.1) is 0 Å². The molecule has 3 N–H and O–H groups in total. The van der Waals surface area contributed by atoms with Gasteiger partial charge in [-0.2, -0.15) is 5.10 Å². The Kier molecular flexibility index (Phi) is 4.46. The zero-order valence-electron chi connectivity index (χ0n) is 10.5. The number of anilines is 1. The second-order valence-electron chi connectivity index (χ2n) is 3.98. The Hall–Kier alpha value is -2.67. The van der Waals surface area contributed by atoms with Gasteiger partial charge >= 0.3 is 5.97 Å². The van der Waals surface area contributed by atoms with E-state index in [0.717, 1.165) is 11.3 Å². The molecule has 1 aromatic carbocycles. The zero-order valence-corrected chi connectivity index (χ0v) is 10.5. The van der Waals surface area contributed by atoms with Crippen LogP contribution >= 0.6 is 0 Å². The first kappa shape index (κ1) is 13.8. The summed E-state index contributed by atoms with van der Waals surface area (Å²) in [6, 6.07) is 8.99. The SMILES string of the molecule is O=C(O)COCC(=O)Nc1ccc(-c2ccn[nH]2)cc1. The standard InChI is InChI=1S/C13H13N3O4/c17-12(7-20-8-13(18)19)15-10-3-1-9(2-4-10)11-5-6-14-16-11/h1-6H,7-8H2,(H,14,16)(H,15,17)(H,18,19). The fourth-order valence-corrected chi connectivity index (χ4v) is 1.58. The molecule has 0 fully saturated rings. The number of hydrogen-bond acceptors (Lipinski definition) is 4. The van der Waals surface area contributed by atoms with E-state index in [1.165, 1.54) is 0 Å². The third-order valence-corrected chi connectivity index (χ3v) is 2.44. The number of nitrogens with one attached hydrogen (secondary N) is 2. The molecule has 0 atom stereocenters. The predicted octanol–water partition coefficient (Wildman–Crippen LogP) is 1.12. The molecule has 0 aliphatic heterocycles. The van der Waals surface area contributed by atoms with Gasteiger partial charge < -0.3 is 15.2 Å². The van der Waals surface area contributed by atoms with Crippen molar-refractivity contribution < 1.29 is 19.4 Å². The number of aliphatic carboxylic acids is 1. The number of aromatic amines is 1. The Balaban J connectivity index is 1.87. The van der Waals surface area contributed by atoms with Gasteiger partial charge in [0.2, 0.25) is 5.91 Å². The van der Waals surface area contributed by atoms with Crippen LogP contribution in [0.4, 0.5) is 5.69 Å². The van der Waals surface area contributed by atoms with Crippen molar-refractivity contribution in [3.05, 3.63) is 36.5 Å². The number of nitrogens with zero attached hydrogens (tertiary/aromatic N) is 1. The molecule has 20 heavy (non-hydrogen) atoms. The van der Waals surface area contributed by atoms with Gasteiger partial charge in [0.25, 0.3) is 0 Å². The summed E-state index contributed by atoms with van der Waals surface area (Å²) < 4.78 is 4.69. The van der Waals surface area contributed by atoms with Crippen molar-refractivity contribution in [2.45, 2.75) is 0 Å². The molecule has 1 aromatic heterocycles. The quantitative estimate of drug-likeness (QED) is 0.732. The molecule has 0 spiro atoms. The smallest absolute Gasteiger partial charge is 0.329 e. The number of H-pyrrole nitrogens is 1. The minimum atomic E-state index is -1.11. The number of benzene rings is 1. The monoisotopic (exact) mass is 275 g/mol. The number of ether oxygens (including phenoxy) is 1. The molecular weight excluding hydrogens is 262 g/mol. The molecule has 0 unspecified atom stereocenters. The van der Waals surface area contributed by atoms with Crippen LogP contribution in [0.5, 0.6) is 0 Å². The average Bonchev–Trinajstić information content (AvgIpc) is 2.93. The number of carboxylic acids is 1. The van der Waals surface area contributed by atoms with Crippen molar-refractivity contribution in [3.8, 4) is 11.3 Å². The molecule has 0 aliphatic rings. The Morgan fingerprint density at radius 3 is 2.55 bits per heavy atom. The summed E-state index contributed by atoms with van der Waals surface area (Å²) in [7, 11) is 0. The first-order valence-corrected chi connectivity index (χ1v) is 5.84. The predicted molar refractivity (Wildman–Crippen MR) is 71.1 cm³/mol. The lowest BCUT2D eigenvalue weighted by Crippen LogP contribution is -2.20. The van der Waals surface area contributed by atoms with Gasteiger partial charge in [0.15, 0.2) is 0 Å². The summed E-state index contributed by atoms with van der Waals surface area (Å²) in [6.07, 6.45) is 1.66. The summed E-state index contributed by atoms with van der Waals surface area (Å²) in [5, 5.41) is 17.7. The molecule has 1 amide bonds. The van der Waals surface area contributed by atoms with E-state index in [4.69, 9.17) is 5.11 Å². The van der Waals surface area contributed by atoms with Crippen LogP contribution in [0.2, 0.25) is 0 Å². The first-order valence-electron chi connectivity index (χ1n) is 5.84. The lowest BCUT2D eigenvalue weighted by Gasteiger charge is -2.06. The summed E-state index contributed by atoms with van der Waals surface area (Å²) >= 11 is 0. The summed E-state index contributed by atoms with van der Waals surface area (Å²) in [6.45, 7) is -0.791. The van der Waals surface area contributed by atoms with Gasteiger partial charge in [0.1, 0.15) is 13.2 Å². The molecular formula is C13H13N3O4. The minimum absolute atomic E-state index is 0.297. The fraction of sp³-hybridized carbons (Fsp3) is 0.154. The summed E-state index contributed by atoms with van der Waals surface area (Å²) in [5.74, 6) is -1.51. The third-order valence-electron chi connectivity index (χ3n) is 2.44. The van der Waals surface area contributed by atoms with Crippen LogP contribution < -0.4 is 5.32 Å². The van der Waals surface area contributed by atoms with Crippen LogP contribution in [0, 0.1) is 0 Å². The summed E-state index contributed by atoms with van der Waals surface area (Å²) in [5.41, 5.74) is 2.44. The highest BCUT2D eigenvalue weighted by Gasteiger charge is 2.05. The fourth-order valence-electron chi connectivity index (χ4n) is 1.58. The van der Waals surface area contributed by atoms with Crippen molar-refractivity contribution in [1.82, 2.24) is 10.2 Å². The number of hydrogen-bond donors (Lipinski definition) is 3. The van der Waals surface area contributed by atoms with Crippen molar-refractivity contribution >= 4 is 17.6 Å². The van der Waals surface area contributed by atoms with E-state index < -0.39 is 18.5 Å². The van der Waals surface area contributed by atoms with Gasteiger partial charge in [-0.05, 0) is 23.8 Å². The molecule has 7 heteroatoms. The van der Waals surface area contributed by atoms with Crippen molar-refractivity contribution in [3.63, 3.8) is 0 Å². The van der Waals surface area contributed by atoms with E-state index in [-0.39, 0.29) is 6.61 Å². The van der Waals surface area contributed by atoms with Crippen molar-refractivity contribution in [2.24, 2.45) is 0 Å². The van der Waals surface area contributed by atoms with Crippen LogP contribution in [0.15, 0.2) is 36.5 Å². The van der Waals surface area contributed by atoms with E-state index in [1.54, 1.807) is 18.3 Å².